The third kappa shape index (κ3) is 2.84. The fourth-order valence-electron chi connectivity index (χ4n) is 1.44. The van der Waals surface area contributed by atoms with E-state index in [4.69, 9.17) is 0 Å². The summed E-state index contributed by atoms with van der Waals surface area (Å²) in [5, 5.41) is 7.57. The molecule has 0 aliphatic carbocycles. The third-order valence-corrected chi connectivity index (χ3v) is 2.16. The molecule has 0 spiro atoms. The summed E-state index contributed by atoms with van der Waals surface area (Å²) in [6, 6.07) is 2.21. The van der Waals surface area contributed by atoms with Crippen LogP contribution in [0.3, 0.4) is 0 Å². The summed E-state index contributed by atoms with van der Waals surface area (Å²) >= 11 is 0. The Kier molecular flexibility index (Phi) is 3.96. The molecule has 0 bridgehead atoms. The van der Waals surface area contributed by atoms with Gasteiger partial charge in [-0.1, -0.05) is 13.3 Å². The molecular weight excluding hydrogens is 162 g/mol. The molecule has 0 unspecified atom stereocenters. The van der Waals surface area contributed by atoms with Gasteiger partial charge in [-0.25, -0.2) is 0 Å². The molecule has 0 amide bonds. The molecule has 0 radical (unpaired) electrons. The fourth-order valence-corrected chi connectivity index (χ4v) is 1.44. The first-order valence-electron chi connectivity index (χ1n) is 4.94. The molecule has 0 aliphatic heterocycles. The van der Waals surface area contributed by atoms with E-state index in [9.17, 15) is 0 Å². The topological polar surface area (TPSA) is 29.9 Å². The van der Waals surface area contributed by atoms with Crippen molar-refractivity contribution in [2.24, 2.45) is 7.05 Å². The van der Waals surface area contributed by atoms with Gasteiger partial charge < -0.3 is 5.32 Å². The Morgan fingerprint density at radius 2 is 2.23 bits per heavy atom. The summed E-state index contributed by atoms with van der Waals surface area (Å²) in [6.45, 7) is 3.20. The molecule has 1 N–H and O–H groups in total. The van der Waals surface area contributed by atoms with Gasteiger partial charge in [0.1, 0.15) is 0 Å². The lowest BCUT2D eigenvalue weighted by atomic mass is 10.2. The molecule has 13 heavy (non-hydrogen) atoms. The van der Waals surface area contributed by atoms with Crippen molar-refractivity contribution in [1.29, 1.82) is 0 Å². The molecule has 0 aromatic carbocycles. The van der Waals surface area contributed by atoms with E-state index >= 15 is 0 Å². The minimum atomic E-state index is 1.00. The molecule has 1 rings (SSSR count). The van der Waals surface area contributed by atoms with Crippen LogP contribution in [0.2, 0.25) is 0 Å². The summed E-state index contributed by atoms with van der Waals surface area (Å²) in [5.41, 5.74) is 2.54. The SMILES string of the molecule is CCCc1cc(CCNC)nn1C. The molecule has 0 aliphatic rings. The van der Waals surface area contributed by atoms with Crippen LogP contribution in [0.25, 0.3) is 0 Å². The zero-order chi connectivity index (χ0) is 9.68. The lowest BCUT2D eigenvalue weighted by molar-refractivity contribution is 0.678. The molecule has 74 valence electrons. The molecule has 1 heterocycles. The van der Waals surface area contributed by atoms with E-state index in [0.717, 1.165) is 19.4 Å². The van der Waals surface area contributed by atoms with Crippen molar-refractivity contribution in [3.63, 3.8) is 0 Å². The van der Waals surface area contributed by atoms with E-state index in [1.165, 1.54) is 17.8 Å². The normalized spacial score (nSPS) is 10.7. The van der Waals surface area contributed by atoms with Crippen molar-refractivity contribution in [1.82, 2.24) is 15.1 Å². The predicted molar refractivity (Wildman–Crippen MR) is 54.8 cm³/mol. The average molecular weight is 181 g/mol. The van der Waals surface area contributed by atoms with Crippen LogP contribution in [0.4, 0.5) is 0 Å². The highest BCUT2D eigenvalue weighted by atomic mass is 15.3. The Morgan fingerprint density at radius 3 is 2.85 bits per heavy atom. The lowest BCUT2D eigenvalue weighted by Gasteiger charge is -1.96. The largest absolute Gasteiger partial charge is 0.319 e. The smallest absolute Gasteiger partial charge is 0.0640 e. The predicted octanol–water partition coefficient (Wildman–Crippen LogP) is 1.13. The highest BCUT2D eigenvalue weighted by Gasteiger charge is 2.02. The Bertz CT molecular complexity index is 253. The van der Waals surface area contributed by atoms with E-state index in [0.29, 0.717) is 0 Å². The molecule has 0 fully saturated rings. The van der Waals surface area contributed by atoms with E-state index in [1.807, 2.05) is 18.8 Å². The molecule has 0 saturated heterocycles. The Labute approximate surface area is 80.1 Å². The number of likely N-dealkylation sites (N-methyl/N-ethyl adjacent to an activating group) is 1. The number of nitrogens with zero attached hydrogens (tertiary/aromatic N) is 2. The van der Waals surface area contributed by atoms with E-state index < -0.39 is 0 Å². The van der Waals surface area contributed by atoms with Gasteiger partial charge in [-0.2, -0.15) is 5.10 Å². The van der Waals surface area contributed by atoms with Gasteiger partial charge in [0.05, 0.1) is 5.69 Å². The van der Waals surface area contributed by atoms with Crippen LogP contribution in [-0.2, 0) is 19.9 Å². The van der Waals surface area contributed by atoms with Crippen LogP contribution in [0.1, 0.15) is 24.7 Å². The van der Waals surface area contributed by atoms with Crippen molar-refractivity contribution in [3.05, 3.63) is 17.5 Å². The van der Waals surface area contributed by atoms with Gasteiger partial charge in [0.2, 0.25) is 0 Å². The summed E-state index contributed by atoms with van der Waals surface area (Å²) in [6.07, 6.45) is 3.34. The molecule has 1 aromatic heterocycles. The van der Waals surface area contributed by atoms with Gasteiger partial charge in [0.15, 0.2) is 0 Å². The van der Waals surface area contributed by atoms with Gasteiger partial charge in [-0.05, 0) is 19.5 Å². The number of nitrogens with one attached hydrogen (secondary N) is 1. The van der Waals surface area contributed by atoms with Crippen LogP contribution in [0.15, 0.2) is 6.07 Å². The van der Waals surface area contributed by atoms with E-state index in [2.05, 4.69) is 23.4 Å². The molecule has 3 nitrogen and oxygen atoms in total. The average Bonchev–Trinajstić information content (AvgIpc) is 2.45. The van der Waals surface area contributed by atoms with Crippen LogP contribution in [0.5, 0.6) is 0 Å². The summed E-state index contributed by atoms with van der Waals surface area (Å²) < 4.78 is 1.99. The summed E-state index contributed by atoms with van der Waals surface area (Å²) in [7, 11) is 3.99. The number of hydrogen-bond donors (Lipinski definition) is 1. The minimum Gasteiger partial charge on any atom is -0.319 e. The Balaban J connectivity index is 2.59. The van der Waals surface area contributed by atoms with Crippen molar-refractivity contribution in [2.45, 2.75) is 26.2 Å². The zero-order valence-corrected chi connectivity index (χ0v) is 8.80. The first-order chi connectivity index (χ1) is 6.27. The zero-order valence-electron chi connectivity index (χ0n) is 8.80. The third-order valence-electron chi connectivity index (χ3n) is 2.16. The molecule has 1 aromatic rings. The number of aryl methyl sites for hydroxylation is 2. The van der Waals surface area contributed by atoms with Crippen LogP contribution in [0, 0.1) is 0 Å². The standard InChI is InChI=1S/C10H19N3/c1-4-5-10-8-9(6-7-11-2)12-13(10)3/h8,11H,4-7H2,1-3H3. The highest BCUT2D eigenvalue weighted by Crippen LogP contribution is 2.05. The maximum absolute atomic E-state index is 4.44. The number of rotatable bonds is 5. The van der Waals surface area contributed by atoms with Crippen molar-refractivity contribution >= 4 is 0 Å². The van der Waals surface area contributed by atoms with Crippen LogP contribution in [-0.4, -0.2) is 23.4 Å². The Hall–Kier alpha value is -0.830. The lowest BCUT2D eigenvalue weighted by Crippen LogP contribution is -2.10. The second-order valence-corrected chi connectivity index (χ2v) is 3.35. The monoisotopic (exact) mass is 181 g/mol. The van der Waals surface area contributed by atoms with Gasteiger partial charge in [-0.3, -0.25) is 4.68 Å². The number of aromatic nitrogens is 2. The first-order valence-corrected chi connectivity index (χ1v) is 4.94. The van der Waals surface area contributed by atoms with E-state index in [1.54, 1.807) is 0 Å². The second kappa shape index (κ2) is 5.02. The first kappa shape index (κ1) is 10.3. The van der Waals surface area contributed by atoms with Crippen molar-refractivity contribution in [2.75, 3.05) is 13.6 Å². The minimum absolute atomic E-state index is 1.00. The maximum Gasteiger partial charge on any atom is 0.0640 e. The maximum atomic E-state index is 4.44. The molecule has 0 saturated carbocycles. The van der Waals surface area contributed by atoms with Gasteiger partial charge >= 0.3 is 0 Å². The molecular formula is C10H19N3. The molecule has 3 heteroatoms. The van der Waals surface area contributed by atoms with Gasteiger partial charge in [-0.15, -0.1) is 0 Å². The second-order valence-electron chi connectivity index (χ2n) is 3.35. The van der Waals surface area contributed by atoms with E-state index in [-0.39, 0.29) is 0 Å². The number of hydrogen-bond acceptors (Lipinski definition) is 2. The van der Waals surface area contributed by atoms with Gasteiger partial charge in [0.25, 0.3) is 0 Å². The quantitative estimate of drug-likeness (QED) is 0.738. The van der Waals surface area contributed by atoms with Crippen molar-refractivity contribution in [3.8, 4) is 0 Å². The summed E-state index contributed by atoms with van der Waals surface area (Å²) in [5.74, 6) is 0. The Morgan fingerprint density at radius 1 is 1.46 bits per heavy atom. The highest BCUT2D eigenvalue weighted by molar-refractivity contribution is 5.10. The van der Waals surface area contributed by atoms with Crippen molar-refractivity contribution < 1.29 is 0 Å². The molecule has 0 atom stereocenters. The fraction of sp³-hybridized carbons (Fsp3) is 0.700. The van der Waals surface area contributed by atoms with Crippen LogP contribution < -0.4 is 5.32 Å². The van der Waals surface area contributed by atoms with Crippen LogP contribution >= 0.6 is 0 Å². The summed E-state index contributed by atoms with van der Waals surface area (Å²) in [4.78, 5) is 0. The van der Waals surface area contributed by atoms with Gasteiger partial charge in [0, 0.05) is 25.7 Å².